The van der Waals surface area contributed by atoms with Crippen molar-refractivity contribution in [3.63, 3.8) is 0 Å². The van der Waals surface area contributed by atoms with Gasteiger partial charge in [-0.05, 0) is 23.8 Å². The minimum absolute atomic E-state index is 0.106. The summed E-state index contributed by atoms with van der Waals surface area (Å²) >= 11 is 0. The molecule has 0 N–H and O–H groups in total. The van der Waals surface area contributed by atoms with E-state index in [1.54, 1.807) is 36.4 Å². The number of carbonyl (C=O) groups excluding carboxylic acids is 1. The zero-order valence-electron chi connectivity index (χ0n) is 18.2. The largest absolute Gasteiger partial charge is 0.493 e. The number of benzene rings is 3. The normalized spacial score (nSPS) is 10.3. The summed E-state index contributed by atoms with van der Waals surface area (Å²) < 4.78 is 31.1. The number of methoxy groups -OCH3 is 2. The van der Waals surface area contributed by atoms with Crippen molar-refractivity contribution in [2.75, 3.05) is 20.8 Å². The number of amides is 1. The Labute approximate surface area is 187 Å². The van der Waals surface area contributed by atoms with Crippen LogP contribution in [0.25, 0.3) is 0 Å². The first-order chi connectivity index (χ1) is 15.6. The van der Waals surface area contributed by atoms with E-state index in [4.69, 9.17) is 14.2 Å². The van der Waals surface area contributed by atoms with E-state index < -0.39 is 0 Å². The molecule has 0 atom stereocenters. The van der Waals surface area contributed by atoms with Crippen LogP contribution in [0.4, 0.5) is 4.39 Å². The summed E-state index contributed by atoms with van der Waals surface area (Å²) in [4.78, 5) is 14.8. The molecule has 0 aliphatic rings. The van der Waals surface area contributed by atoms with E-state index in [0.717, 1.165) is 5.56 Å². The summed E-state index contributed by atoms with van der Waals surface area (Å²) in [5.74, 6) is 0.467. The first kappa shape index (κ1) is 22.9. The fourth-order valence-corrected chi connectivity index (χ4v) is 3.27. The number of hydrogen-bond donors (Lipinski definition) is 0. The van der Waals surface area contributed by atoms with Crippen molar-refractivity contribution in [3.8, 4) is 17.2 Å². The van der Waals surface area contributed by atoms with Crippen LogP contribution in [0.3, 0.4) is 0 Å². The third kappa shape index (κ3) is 5.46. The molecule has 32 heavy (non-hydrogen) atoms. The number of ether oxygens (including phenoxy) is 3. The van der Waals surface area contributed by atoms with E-state index in [2.05, 4.69) is 6.58 Å². The Bertz CT molecular complexity index is 1040. The smallest absolute Gasteiger partial charge is 0.254 e. The lowest BCUT2D eigenvalue weighted by Crippen LogP contribution is -2.31. The van der Waals surface area contributed by atoms with Crippen molar-refractivity contribution in [2.24, 2.45) is 0 Å². The van der Waals surface area contributed by atoms with Gasteiger partial charge in [0, 0.05) is 24.2 Å². The van der Waals surface area contributed by atoms with Crippen LogP contribution in [-0.2, 0) is 13.2 Å². The summed E-state index contributed by atoms with van der Waals surface area (Å²) in [5, 5.41) is 0. The first-order valence-corrected chi connectivity index (χ1v) is 10.1. The van der Waals surface area contributed by atoms with Gasteiger partial charge in [0.25, 0.3) is 5.91 Å². The monoisotopic (exact) mass is 435 g/mol. The maximum Gasteiger partial charge on any atom is 0.254 e. The van der Waals surface area contributed by atoms with Gasteiger partial charge in [0.05, 0.1) is 14.2 Å². The lowest BCUT2D eigenvalue weighted by molar-refractivity contribution is 0.0760. The lowest BCUT2D eigenvalue weighted by Gasteiger charge is -2.23. The maximum atomic E-state index is 14.2. The molecule has 0 heterocycles. The standard InChI is InChI=1S/C26H26FNO4/c1-4-14-28(17-20-12-8-9-13-22(20)27)26(29)21-15-23(30-2)25(24(16-21)31-3)32-18-19-10-6-5-7-11-19/h4-13,15-16H,1,14,17-18H2,2-3H3. The Morgan fingerprint density at radius 2 is 1.62 bits per heavy atom. The van der Waals surface area contributed by atoms with E-state index in [-0.39, 0.29) is 24.8 Å². The molecule has 0 fully saturated rings. The Kier molecular flexibility index (Phi) is 7.86. The van der Waals surface area contributed by atoms with Gasteiger partial charge in [-0.15, -0.1) is 6.58 Å². The summed E-state index contributed by atoms with van der Waals surface area (Å²) in [5.41, 5.74) is 1.74. The van der Waals surface area contributed by atoms with E-state index >= 15 is 0 Å². The highest BCUT2D eigenvalue weighted by Crippen LogP contribution is 2.39. The number of halogens is 1. The average molecular weight is 435 g/mol. The first-order valence-electron chi connectivity index (χ1n) is 10.1. The molecule has 0 aliphatic carbocycles. The van der Waals surface area contributed by atoms with Crippen molar-refractivity contribution in [2.45, 2.75) is 13.2 Å². The Hall–Kier alpha value is -3.80. The van der Waals surface area contributed by atoms with Crippen molar-refractivity contribution >= 4 is 5.91 Å². The van der Waals surface area contributed by atoms with Crippen LogP contribution >= 0.6 is 0 Å². The molecule has 0 spiro atoms. The van der Waals surface area contributed by atoms with Crippen LogP contribution in [-0.4, -0.2) is 31.6 Å². The minimum atomic E-state index is -0.366. The molecule has 3 rings (SSSR count). The number of hydrogen-bond acceptors (Lipinski definition) is 4. The van der Waals surface area contributed by atoms with Crippen molar-refractivity contribution < 1.29 is 23.4 Å². The molecule has 0 saturated heterocycles. The second kappa shape index (κ2) is 11.0. The summed E-state index contributed by atoms with van der Waals surface area (Å²) in [7, 11) is 3.00. The summed E-state index contributed by atoms with van der Waals surface area (Å²) in [6.45, 7) is 4.39. The molecule has 0 aromatic heterocycles. The predicted molar refractivity (Wildman–Crippen MR) is 122 cm³/mol. The molecule has 0 aliphatic heterocycles. The van der Waals surface area contributed by atoms with Crippen LogP contribution < -0.4 is 14.2 Å². The Balaban J connectivity index is 1.89. The van der Waals surface area contributed by atoms with Crippen LogP contribution in [0.1, 0.15) is 21.5 Å². The van der Waals surface area contributed by atoms with Crippen LogP contribution in [0.2, 0.25) is 0 Å². The molecule has 3 aromatic rings. The SMILES string of the molecule is C=CCN(Cc1ccccc1F)C(=O)c1cc(OC)c(OCc2ccccc2)c(OC)c1. The van der Waals surface area contributed by atoms with E-state index in [1.807, 2.05) is 30.3 Å². The lowest BCUT2D eigenvalue weighted by atomic mass is 10.1. The average Bonchev–Trinajstić information content (AvgIpc) is 2.83. The van der Waals surface area contributed by atoms with Gasteiger partial charge >= 0.3 is 0 Å². The zero-order chi connectivity index (χ0) is 22.9. The Morgan fingerprint density at radius 1 is 1.00 bits per heavy atom. The van der Waals surface area contributed by atoms with Gasteiger partial charge in [-0.1, -0.05) is 54.6 Å². The predicted octanol–water partition coefficient (Wildman–Crippen LogP) is 5.25. The Morgan fingerprint density at radius 3 is 2.22 bits per heavy atom. The highest BCUT2D eigenvalue weighted by Gasteiger charge is 2.22. The fraction of sp³-hybridized carbons (Fsp3) is 0.192. The maximum absolute atomic E-state index is 14.2. The molecule has 0 unspecified atom stereocenters. The van der Waals surface area contributed by atoms with Gasteiger partial charge in [0.15, 0.2) is 11.5 Å². The molecule has 0 bridgehead atoms. The molecular weight excluding hydrogens is 409 g/mol. The molecule has 6 heteroatoms. The second-order valence-electron chi connectivity index (χ2n) is 7.05. The number of nitrogens with zero attached hydrogens (tertiary/aromatic N) is 1. The molecule has 0 saturated carbocycles. The van der Waals surface area contributed by atoms with Gasteiger partial charge in [-0.25, -0.2) is 4.39 Å². The van der Waals surface area contributed by atoms with Gasteiger partial charge < -0.3 is 19.1 Å². The van der Waals surface area contributed by atoms with Gasteiger partial charge in [0.2, 0.25) is 5.75 Å². The van der Waals surface area contributed by atoms with Crippen molar-refractivity contribution in [1.82, 2.24) is 4.90 Å². The third-order valence-corrected chi connectivity index (χ3v) is 4.89. The summed E-state index contributed by atoms with van der Waals surface area (Å²) in [6, 6.07) is 19.3. The molecule has 0 radical (unpaired) electrons. The van der Waals surface area contributed by atoms with Crippen LogP contribution in [0, 0.1) is 5.82 Å². The molecule has 1 amide bonds. The highest BCUT2D eigenvalue weighted by atomic mass is 19.1. The van der Waals surface area contributed by atoms with Crippen LogP contribution in [0.5, 0.6) is 17.2 Å². The van der Waals surface area contributed by atoms with E-state index in [1.165, 1.54) is 25.2 Å². The second-order valence-corrected chi connectivity index (χ2v) is 7.05. The topological polar surface area (TPSA) is 48.0 Å². The highest BCUT2D eigenvalue weighted by molar-refractivity contribution is 5.95. The van der Waals surface area contributed by atoms with Gasteiger partial charge in [-0.2, -0.15) is 0 Å². The van der Waals surface area contributed by atoms with Gasteiger partial charge in [-0.3, -0.25) is 4.79 Å². The molecular formula is C26H26FNO4. The molecule has 166 valence electrons. The van der Waals surface area contributed by atoms with Crippen molar-refractivity contribution in [3.05, 3.63) is 102 Å². The third-order valence-electron chi connectivity index (χ3n) is 4.89. The van der Waals surface area contributed by atoms with Gasteiger partial charge in [0.1, 0.15) is 12.4 Å². The molecule has 5 nitrogen and oxygen atoms in total. The fourth-order valence-electron chi connectivity index (χ4n) is 3.27. The summed E-state index contributed by atoms with van der Waals surface area (Å²) in [6.07, 6.45) is 1.60. The van der Waals surface area contributed by atoms with E-state index in [0.29, 0.717) is 35.0 Å². The number of rotatable bonds is 10. The van der Waals surface area contributed by atoms with Crippen molar-refractivity contribution in [1.29, 1.82) is 0 Å². The zero-order valence-corrected chi connectivity index (χ0v) is 18.2. The van der Waals surface area contributed by atoms with Crippen LogP contribution in [0.15, 0.2) is 79.4 Å². The quantitative estimate of drug-likeness (QED) is 0.408. The minimum Gasteiger partial charge on any atom is -0.493 e. The molecule has 3 aromatic carbocycles. The number of carbonyl (C=O) groups is 1. The van der Waals surface area contributed by atoms with E-state index in [9.17, 15) is 9.18 Å².